The summed E-state index contributed by atoms with van der Waals surface area (Å²) >= 11 is 0. The van der Waals surface area contributed by atoms with Crippen LogP contribution in [-0.4, -0.2) is 61.0 Å². The maximum Gasteiger partial charge on any atom is 0.433 e. The van der Waals surface area contributed by atoms with Crippen LogP contribution >= 0.6 is 0 Å². The summed E-state index contributed by atoms with van der Waals surface area (Å²) in [7, 11) is 3.23. The maximum absolute atomic E-state index is 13.1. The predicted molar refractivity (Wildman–Crippen MR) is 85.1 cm³/mol. The van der Waals surface area contributed by atoms with Gasteiger partial charge in [0, 0.05) is 39.8 Å². The summed E-state index contributed by atoms with van der Waals surface area (Å²) in [6.45, 7) is 3.67. The number of hydrogen-bond donors (Lipinski definition) is 0. The quantitative estimate of drug-likeness (QED) is 0.836. The van der Waals surface area contributed by atoms with Crippen molar-refractivity contribution in [2.24, 2.45) is 0 Å². The zero-order chi connectivity index (χ0) is 17.9. The summed E-state index contributed by atoms with van der Waals surface area (Å²) < 4.78 is 39.3. The Balaban J connectivity index is 2.33. The molecule has 0 N–H and O–H groups in total. The Hall–Kier alpha value is -2.06. The van der Waals surface area contributed by atoms with Crippen molar-refractivity contribution in [1.82, 2.24) is 14.9 Å². The lowest BCUT2D eigenvalue weighted by molar-refractivity contribution is -0.141. The largest absolute Gasteiger partial charge is 0.433 e. The van der Waals surface area contributed by atoms with E-state index >= 15 is 0 Å². The van der Waals surface area contributed by atoms with E-state index in [9.17, 15) is 18.0 Å². The first-order chi connectivity index (χ1) is 11.2. The monoisotopic (exact) mass is 345 g/mol. The molecule has 0 aliphatic carbocycles. The molecule has 0 radical (unpaired) electrons. The Labute approximate surface area is 139 Å². The van der Waals surface area contributed by atoms with Crippen LogP contribution < -0.4 is 9.80 Å². The van der Waals surface area contributed by atoms with Crippen molar-refractivity contribution < 1.29 is 18.0 Å². The summed E-state index contributed by atoms with van der Waals surface area (Å²) in [5.74, 6) is -0.00331. The molecule has 1 amide bonds. The van der Waals surface area contributed by atoms with Gasteiger partial charge in [0.1, 0.15) is 5.82 Å². The minimum Gasteiger partial charge on any atom is -0.363 e. The number of aromatic nitrogens is 2. The highest BCUT2D eigenvalue weighted by atomic mass is 19.4. The average Bonchev–Trinajstić information content (AvgIpc) is 2.69. The van der Waals surface area contributed by atoms with Gasteiger partial charge in [-0.3, -0.25) is 4.79 Å². The molecule has 1 fully saturated rings. The minimum absolute atomic E-state index is 0.00577. The molecule has 2 rings (SSSR count). The van der Waals surface area contributed by atoms with Crippen molar-refractivity contribution in [3.63, 3.8) is 0 Å². The van der Waals surface area contributed by atoms with E-state index in [0.29, 0.717) is 26.1 Å². The van der Waals surface area contributed by atoms with Crippen LogP contribution in [0.25, 0.3) is 0 Å². The average molecular weight is 345 g/mol. The maximum atomic E-state index is 13.1. The third kappa shape index (κ3) is 4.27. The van der Waals surface area contributed by atoms with Crippen LogP contribution in [0, 0.1) is 0 Å². The molecule has 0 atom stereocenters. The lowest BCUT2D eigenvalue weighted by Crippen LogP contribution is -2.38. The molecular weight excluding hydrogens is 323 g/mol. The van der Waals surface area contributed by atoms with E-state index in [-0.39, 0.29) is 24.2 Å². The van der Waals surface area contributed by atoms with Crippen molar-refractivity contribution in [3.05, 3.63) is 11.8 Å². The minimum atomic E-state index is -4.56. The topological polar surface area (TPSA) is 52.6 Å². The molecule has 1 aliphatic heterocycles. The van der Waals surface area contributed by atoms with Crippen LogP contribution in [0.15, 0.2) is 6.07 Å². The van der Waals surface area contributed by atoms with Crippen LogP contribution in [0.2, 0.25) is 0 Å². The number of hydrogen-bond acceptors (Lipinski definition) is 5. The molecule has 0 bridgehead atoms. The SMILES string of the molecule is CCCN1CCCN(c2nc(N(C)C)cc(C(F)(F)F)n2)CC1=O. The van der Waals surface area contributed by atoms with Crippen molar-refractivity contribution in [2.45, 2.75) is 25.9 Å². The van der Waals surface area contributed by atoms with Gasteiger partial charge in [-0.2, -0.15) is 18.2 Å². The highest BCUT2D eigenvalue weighted by Crippen LogP contribution is 2.31. The Morgan fingerprint density at radius 2 is 1.96 bits per heavy atom. The van der Waals surface area contributed by atoms with E-state index in [0.717, 1.165) is 12.5 Å². The van der Waals surface area contributed by atoms with Crippen LogP contribution in [0.5, 0.6) is 0 Å². The number of carbonyl (C=O) groups excluding carboxylic acids is 1. The molecule has 24 heavy (non-hydrogen) atoms. The van der Waals surface area contributed by atoms with Gasteiger partial charge in [0.25, 0.3) is 0 Å². The van der Waals surface area contributed by atoms with Crippen LogP contribution in [0.1, 0.15) is 25.5 Å². The van der Waals surface area contributed by atoms with E-state index in [4.69, 9.17) is 0 Å². The Bertz CT molecular complexity index is 591. The number of amides is 1. The molecule has 134 valence electrons. The molecule has 6 nitrogen and oxygen atoms in total. The van der Waals surface area contributed by atoms with Gasteiger partial charge in [0.05, 0.1) is 6.54 Å². The van der Waals surface area contributed by atoms with Gasteiger partial charge in [-0.1, -0.05) is 6.92 Å². The van der Waals surface area contributed by atoms with Crippen LogP contribution in [0.3, 0.4) is 0 Å². The van der Waals surface area contributed by atoms with E-state index < -0.39 is 11.9 Å². The number of rotatable bonds is 4. The third-order valence-electron chi connectivity index (χ3n) is 3.76. The fourth-order valence-electron chi connectivity index (χ4n) is 2.53. The first-order valence-electron chi connectivity index (χ1n) is 7.88. The summed E-state index contributed by atoms with van der Waals surface area (Å²) in [5, 5.41) is 0. The second kappa shape index (κ2) is 7.23. The summed E-state index contributed by atoms with van der Waals surface area (Å²) in [6.07, 6.45) is -3.05. The van der Waals surface area contributed by atoms with Gasteiger partial charge >= 0.3 is 6.18 Å². The third-order valence-corrected chi connectivity index (χ3v) is 3.76. The molecule has 0 aromatic carbocycles. The normalized spacial score (nSPS) is 16.3. The van der Waals surface area contributed by atoms with E-state index in [1.54, 1.807) is 19.0 Å². The number of anilines is 2. The van der Waals surface area contributed by atoms with Gasteiger partial charge < -0.3 is 14.7 Å². The molecule has 1 saturated heterocycles. The number of carbonyl (C=O) groups is 1. The van der Waals surface area contributed by atoms with Crippen molar-refractivity contribution in [2.75, 3.05) is 50.1 Å². The Kier molecular flexibility index (Phi) is 5.51. The molecule has 2 heterocycles. The van der Waals surface area contributed by atoms with Crippen molar-refractivity contribution in [1.29, 1.82) is 0 Å². The van der Waals surface area contributed by atoms with E-state index in [2.05, 4.69) is 9.97 Å². The molecular formula is C15H22F3N5O. The standard InChI is InChI=1S/C15H22F3N5O/c1-4-6-22-7-5-8-23(10-13(22)24)14-19-11(15(16,17)18)9-12(20-14)21(2)3/h9H,4-8,10H2,1-3H3. The molecule has 1 aliphatic rings. The number of halogens is 3. The smallest absolute Gasteiger partial charge is 0.363 e. The zero-order valence-electron chi connectivity index (χ0n) is 14.1. The lowest BCUT2D eigenvalue weighted by Gasteiger charge is -2.23. The predicted octanol–water partition coefficient (Wildman–Crippen LogP) is 2.01. The Morgan fingerprint density at radius 3 is 2.54 bits per heavy atom. The molecule has 1 aromatic rings. The van der Waals surface area contributed by atoms with Gasteiger partial charge in [-0.05, 0) is 12.8 Å². The highest BCUT2D eigenvalue weighted by molar-refractivity contribution is 5.81. The molecule has 0 unspecified atom stereocenters. The summed E-state index contributed by atoms with van der Waals surface area (Å²) in [5.41, 5.74) is -1.00. The van der Waals surface area contributed by atoms with Crippen molar-refractivity contribution in [3.8, 4) is 0 Å². The first kappa shape index (κ1) is 18.3. The number of nitrogens with zero attached hydrogens (tertiary/aromatic N) is 5. The van der Waals surface area contributed by atoms with Gasteiger partial charge in [-0.25, -0.2) is 4.98 Å². The second-order valence-corrected chi connectivity index (χ2v) is 5.96. The van der Waals surface area contributed by atoms with E-state index in [1.807, 2.05) is 6.92 Å². The lowest BCUT2D eigenvalue weighted by atomic mass is 10.3. The van der Waals surface area contributed by atoms with Crippen LogP contribution in [0.4, 0.5) is 24.9 Å². The zero-order valence-corrected chi connectivity index (χ0v) is 14.1. The van der Waals surface area contributed by atoms with Crippen LogP contribution in [-0.2, 0) is 11.0 Å². The highest BCUT2D eigenvalue weighted by Gasteiger charge is 2.35. The van der Waals surface area contributed by atoms with E-state index in [1.165, 1.54) is 9.80 Å². The van der Waals surface area contributed by atoms with Gasteiger partial charge in [-0.15, -0.1) is 0 Å². The first-order valence-corrected chi connectivity index (χ1v) is 7.88. The van der Waals surface area contributed by atoms with Gasteiger partial charge in [0.2, 0.25) is 11.9 Å². The van der Waals surface area contributed by atoms with Gasteiger partial charge in [0.15, 0.2) is 5.69 Å². The molecule has 0 saturated carbocycles. The molecule has 1 aromatic heterocycles. The molecule has 0 spiro atoms. The second-order valence-electron chi connectivity index (χ2n) is 5.96. The number of alkyl halides is 3. The fourth-order valence-corrected chi connectivity index (χ4v) is 2.53. The van der Waals surface area contributed by atoms with Crippen molar-refractivity contribution >= 4 is 17.7 Å². The Morgan fingerprint density at radius 1 is 1.25 bits per heavy atom. The summed E-state index contributed by atoms with van der Waals surface area (Å²) in [4.78, 5) is 24.9. The fraction of sp³-hybridized carbons (Fsp3) is 0.667. The summed E-state index contributed by atoms with van der Waals surface area (Å²) in [6, 6.07) is 0.909. The molecule has 9 heteroatoms.